The van der Waals surface area contributed by atoms with E-state index in [0.29, 0.717) is 29.8 Å². The van der Waals surface area contributed by atoms with Crippen LogP contribution in [0.5, 0.6) is 0 Å². The molecule has 21 heavy (non-hydrogen) atoms. The maximum Gasteiger partial charge on any atom is 0.315 e. The first kappa shape index (κ1) is 15.6. The molecule has 3 N–H and O–H groups in total. The van der Waals surface area contributed by atoms with Crippen LogP contribution in [0.2, 0.25) is 0 Å². The van der Waals surface area contributed by atoms with E-state index >= 15 is 0 Å². The van der Waals surface area contributed by atoms with Gasteiger partial charge in [0.25, 0.3) is 0 Å². The van der Waals surface area contributed by atoms with Crippen molar-refractivity contribution in [3.05, 3.63) is 28.3 Å². The number of para-hydroxylation sites is 1. The molecule has 0 aliphatic heterocycles. The van der Waals surface area contributed by atoms with Crippen LogP contribution >= 0.6 is 0 Å². The third-order valence-electron chi connectivity index (χ3n) is 4.34. The van der Waals surface area contributed by atoms with Crippen LogP contribution in [0.25, 0.3) is 0 Å². The smallest absolute Gasteiger partial charge is 0.315 e. The minimum atomic E-state index is -0.363. The van der Waals surface area contributed by atoms with Crippen LogP contribution in [0.1, 0.15) is 25.7 Å². The van der Waals surface area contributed by atoms with E-state index in [9.17, 15) is 15.2 Å². The van der Waals surface area contributed by atoms with Crippen molar-refractivity contribution < 1.29 is 10.0 Å². The normalized spacial score (nSPS) is 21.8. The number of nitro groups is 1. The third-order valence-corrected chi connectivity index (χ3v) is 4.34. The summed E-state index contributed by atoms with van der Waals surface area (Å²) in [5.74, 6) is 0.680. The van der Waals surface area contributed by atoms with E-state index in [4.69, 9.17) is 0 Å². The van der Waals surface area contributed by atoms with Crippen molar-refractivity contribution >= 4 is 17.1 Å². The highest BCUT2D eigenvalue weighted by atomic mass is 16.6. The number of hydrogen-bond acceptors (Lipinski definition) is 5. The van der Waals surface area contributed by atoms with Gasteiger partial charge in [-0.2, -0.15) is 0 Å². The van der Waals surface area contributed by atoms with Crippen LogP contribution in [-0.2, 0) is 0 Å². The van der Waals surface area contributed by atoms with Gasteiger partial charge in [0.15, 0.2) is 0 Å². The number of nitrogens with one attached hydrogen (secondary N) is 2. The van der Waals surface area contributed by atoms with Gasteiger partial charge in [-0.3, -0.25) is 10.1 Å². The zero-order chi connectivity index (χ0) is 15.2. The van der Waals surface area contributed by atoms with Crippen LogP contribution in [0.4, 0.5) is 17.1 Å². The first-order valence-corrected chi connectivity index (χ1v) is 7.47. The lowest BCUT2D eigenvalue weighted by atomic mass is 9.79. The Balaban J connectivity index is 2.10. The number of benzene rings is 1. The number of nitrogens with zero attached hydrogens (tertiary/aromatic N) is 1. The van der Waals surface area contributed by atoms with E-state index in [-0.39, 0.29) is 17.2 Å². The molecular weight excluding hydrogens is 270 g/mol. The van der Waals surface area contributed by atoms with Crippen LogP contribution in [0, 0.1) is 22.0 Å². The Morgan fingerprint density at radius 1 is 1.29 bits per heavy atom. The topological polar surface area (TPSA) is 87.4 Å². The number of aliphatic hydroxyl groups excluding tert-OH is 1. The molecule has 1 aromatic carbocycles. The number of hydrogen-bond donors (Lipinski definition) is 3. The SMILES string of the molecule is CNc1cccc(NCC2CCCCC2CO)c1[N+](=O)[O-]. The van der Waals surface area contributed by atoms with Gasteiger partial charge in [0.05, 0.1) is 4.92 Å². The van der Waals surface area contributed by atoms with Crippen LogP contribution < -0.4 is 10.6 Å². The summed E-state index contributed by atoms with van der Waals surface area (Å²) in [4.78, 5) is 10.9. The molecule has 2 unspecified atom stereocenters. The maximum absolute atomic E-state index is 11.3. The maximum atomic E-state index is 11.3. The predicted octanol–water partition coefficient (Wildman–Crippen LogP) is 2.85. The molecule has 0 amide bonds. The van der Waals surface area contributed by atoms with Gasteiger partial charge in [-0.15, -0.1) is 0 Å². The molecule has 6 nitrogen and oxygen atoms in total. The Morgan fingerprint density at radius 3 is 2.57 bits per heavy atom. The number of aliphatic hydroxyl groups is 1. The number of rotatable bonds is 6. The summed E-state index contributed by atoms with van der Waals surface area (Å²) in [6.07, 6.45) is 4.44. The van der Waals surface area contributed by atoms with Crippen LogP contribution in [-0.4, -0.2) is 30.2 Å². The van der Waals surface area contributed by atoms with Crippen molar-refractivity contribution in [2.24, 2.45) is 11.8 Å². The molecule has 1 fully saturated rings. The molecule has 0 aromatic heterocycles. The highest BCUT2D eigenvalue weighted by molar-refractivity contribution is 5.76. The molecule has 0 bridgehead atoms. The second kappa shape index (κ2) is 7.26. The van der Waals surface area contributed by atoms with Crippen molar-refractivity contribution in [2.45, 2.75) is 25.7 Å². The average molecular weight is 293 g/mol. The molecule has 1 aliphatic carbocycles. The largest absolute Gasteiger partial charge is 0.396 e. The fraction of sp³-hybridized carbons (Fsp3) is 0.600. The lowest BCUT2D eigenvalue weighted by Crippen LogP contribution is -2.28. The molecule has 2 rings (SSSR count). The second-order valence-electron chi connectivity index (χ2n) is 5.58. The summed E-state index contributed by atoms with van der Waals surface area (Å²) in [5.41, 5.74) is 1.12. The quantitative estimate of drug-likeness (QED) is 0.554. The van der Waals surface area contributed by atoms with Gasteiger partial charge < -0.3 is 15.7 Å². The summed E-state index contributed by atoms with van der Waals surface area (Å²) in [7, 11) is 1.68. The van der Waals surface area contributed by atoms with Gasteiger partial charge >= 0.3 is 5.69 Å². The Bertz CT molecular complexity index is 493. The van der Waals surface area contributed by atoms with Gasteiger partial charge in [0.2, 0.25) is 0 Å². The summed E-state index contributed by atoms with van der Waals surface area (Å²) in [6.45, 7) is 0.865. The van der Waals surface area contributed by atoms with Crippen LogP contribution in [0.15, 0.2) is 18.2 Å². The van der Waals surface area contributed by atoms with E-state index < -0.39 is 0 Å². The fourth-order valence-electron chi connectivity index (χ4n) is 3.12. The van der Waals surface area contributed by atoms with E-state index in [1.165, 1.54) is 6.42 Å². The van der Waals surface area contributed by atoms with E-state index in [0.717, 1.165) is 19.3 Å². The highest BCUT2D eigenvalue weighted by Gasteiger charge is 2.25. The first-order valence-electron chi connectivity index (χ1n) is 7.47. The van der Waals surface area contributed by atoms with Crippen LogP contribution in [0.3, 0.4) is 0 Å². The van der Waals surface area contributed by atoms with Crippen molar-refractivity contribution in [1.29, 1.82) is 0 Å². The van der Waals surface area contributed by atoms with E-state index in [2.05, 4.69) is 10.6 Å². The molecular formula is C15H23N3O3. The minimum absolute atomic E-state index is 0.0800. The first-order chi connectivity index (χ1) is 10.2. The molecule has 116 valence electrons. The van der Waals surface area contributed by atoms with Gasteiger partial charge in [0, 0.05) is 20.2 Å². The van der Waals surface area contributed by atoms with Crippen molar-refractivity contribution in [3.8, 4) is 0 Å². The monoisotopic (exact) mass is 293 g/mol. The summed E-state index contributed by atoms with van der Waals surface area (Å²) < 4.78 is 0. The zero-order valence-electron chi connectivity index (χ0n) is 12.3. The highest BCUT2D eigenvalue weighted by Crippen LogP contribution is 2.34. The van der Waals surface area contributed by atoms with Gasteiger partial charge in [-0.05, 0) is 36.8 Å². The van der Waals surface area contributed by atoms with Crippen molar-refractivity contribution in [1.82, 2.24) is 0 Å². The Labute approximate surface area is 124 Å². The Morgan fingerprint density at radius 2 is 1.95 bits per heavy atom. The predicted molar refractivity (Wildman–Crippen MR) is 83.7 cm³/mol. The molecule has 0 spiro atoms. The molecule has 1 aromatic rings. The van der Waals surface area contributed by atoms with E-state index in [1.807, 2.05) is 0 Å². The Hall–Kier alpha value is -1.82. The molecule has 1 aliphatic rings. The third kappa shape index (κ3) is 3.64. The number of anilines is 2. The zero-order valence-corrected chi connectivity index (χ0v) is 12.3. The lowest BCUT2D eigenvalue weighted by Gasteiger charge is -2.30. The van der Waals surface area contributed by atoms with Gasteiger partial charge in [0.1, 0.15) is 11.4 Å². The molecule has 0 radical (unpaired) electrons. The molecule has 0 heterocycles. The van der Waals surface area contributed by atoms with Gasteiger partial charge in [-0.25, -0.2) is 0 Å². The average Bonchev–Trinajstić information content (AvgIpc) is 2.52. The molecule has 2 atom stereocenters. The standard InChI is InChI=1S/C15H23N3O3/c1-16-13-7-4-8-14(15(13)18(20)21)17-9-11-5-2-3-6-12(11)10-19/h4,7-8,11-12,16-17,19H,2-3,5-6,9-10H2,1H3. The van der Waals surface area contributed by atoms with E-state index in [1.54, 1.807) is 25.2 Å². The Kier molecular flexibility index (Phi) is 5.38. The second-order valence-corrected chi connectivity index (χ2v) is 5.58. The number of nitro benzene ring substituents is 1. The van der Waals surface area contributed by atoms with Gasteiger partial charge in [-0.1, -0.05) is 18.9 Å². The van der Waals surface area contributed by atoms with Crippen molar-refractivity contribution in [2.75, 3.05) is 30.8 Å². The summed E-state index contributed by atoms with van der Waals surface area (Å²) >= 11 is 0. The summed E-state index contributed by atoms with van der Waals surface area (Å²) in [6, 6.07) is 5.22. The minimum Gasteiger partial charge on any atom is -0.396 e. The summed E-state index contributed by atoms with van der Waals surface area (Å²) in [5, 5.41) is 26.8. The fourth-order valence-corrected chi connectivity index (χ4v) is 3.12. The molecule has 1 saturated carbocycles. The lowest BCUT2D eigenvalue weighted by molar-refractivity contribution is -0.383. The molecule has 0 saturated heterocycles. The molecule has 6 heteroatoms. The van der Waals surface area contributed by atoms with Crippen molar-refractivity contribution in [3.63, 3.8) is 0 Å².